The fourth-order valence-electron chi connectivity index (χ4n) is 1.82. The number of hydrogen-bond donors (Lipinski definition) is 8. The average molecular weight is 308 g/mol. The van der Waals surface area contributed by atoms with E-state index in [0.29, 0.717) is 11.1 Å². The highest BCUT2D eigenvalue weighted by molar-refractivity contribution is 5.53. The van der Waals surface area contributed by atoms with Crippen molar-refractivity contribution >= 4 is 0 Å². The maximum absolute atomic E-state index is 9.63. The summed E-state index contributed by atoms with van der Waals surface area (Å²) in [4.78, 5) is 0. The number of rotatable bonds is 5. The summed E-state index contributed by atoms with van der Waals surface area (Å²) in [6.45, 7) is 0.259. The summed E-state index contributed by atoms with van der Waals surface area (Å²) in [5.41, 5.74) is 6.18. The number of nitrogens with one attached hydrogen (secondary N) is 2. The van der Waals surface area contributed by atoms with E-state index < -0.39 is 34.5 Å². The predicted molar refractivity (Wildman–Crippen MR) is 76.6 cm³/mol. The fourth-order valence-corrected chi connectivity index (χ4v) is 1.82. The standard InChI is InChI=1S/C14H16N2O6/c17-9-3-1-7(11(19)13(9)21)5-15-16-6-8-2-4-10(18)14(22)12(8)20/h1-4,15-22H,5-6H2. The first kappa shape index (κ1) is 15.5. The third-order valence-electron chi connectivity index (χ3n) is 3.11. The molecule has 2 rings (SSSR count). The van der Waals surface area contributed by atoms with E-state index >= 15 is 0 Å². The molecule has 0 aromatic heterocycles. The van der Waals surface area contributed by atoms with Crippen LogP contribution < -0.4 is 10.9 Å². The van der Waals surface area contributed by atoms with Crippen LogP contribution in [0.5, 0.6) is 34.5 Å². The maximum atomic E-state index is 9.63. The summed E-state index contributed by atoms with van der Waals surface area (Å²) in [5.74, 6) is -2.89. The van der Waals surface area contributed by atoms with E-state index in [1.54, 1.807) is 0 Å². The number of phenolic OH excluding ortho intramolecular Hbond substituents is 6. The van der Waals surface area contributed by atoms with Crippen LogP contribution in [0.15, 0.2) is 24.3 Å². The van der Waals surface area contributed by atoms with Gasteiger partial charge in [-0.3, -0.25) is 10.9 Å². The van der Waals surface area contributed by atoms with Crippen LogP contribution in [0.25, 0.3) is 0 Å². The average Bonchev–Trinajstić information content (AvgIpc) is 2.50. The predicted octanol–water partition coefficient (Wildman–Crippen LogP) is 0.715. The molecule has 0 aliphatic heterocycles. The van der Waals surface area contributed by atoms with Crippen molar-refractivity contribution in [1.82, 2.24) is 10.9 Å². The minimum absolute atomic E-state index is 0.129. The summed E-state index contributed by atoms with van der Waals surface area (Å²) in [6.07, 6.45) is 0. The molecule has 2 aromatic rings. The molecule has 2 aromatic carbocycles. The van der Waals surface area contributed by atoms with E-state index in [4.69, 9.17) is 0 Å². The molecule has 0 unspecified atom stereocenters. The van der Waals surface area contributed by atoms with Gasteiger partial charge in [0.15, 0.2) is 23.0 Å². The molecule has 8 nitrogen and oxygen atoms in total. The van der Waals surface area contributed by atoms with Crippen LogP contribution in [-0.4, -0.2) is 30.6 Å². The van der Waals surface area contributed by atoms with E-state index in [0.717, 1.165) is 0 Å². The zero-order valence-electron chi connectivity index (χ0n) is 11.4. The molecule has 0 amide bonds. The zero-order valence-corrected chi connectivity index (χ0v) is 11.4. The van der Waals surface area contributed by atoms with Crippen LogP contribution in [0.3, 0.4) is 0 Å². The molecule has 0 fully saturated rings. The van der Waals surface area contributed by atoms with E-state index in [2.05, 4.69) is 10.9 Å². The van der Waals surface area contributed by atoms with Crippen molar-refractivity contribution < 1.29 is 30.6 Å². The Morgan fingerprint density at radius 3 is 1.27 bits per heavy atom. The highest BCUT2D eigenvalue weighted by atomic mass is 16.3. The van der Waals surface area contributed by atoms with Gasteiger partial charge in [0.05, 0.1) is 0 Å². The molecular formula is C14H16N2O6. The highest BCUT2D eigenvalue weighted by Gasteiger charge is 2.12. The third kappa shape index (κ3) is 3.08. The quantitative estimate of drug-likeness (QED) is 0.229. The van der Waals surface area contributed by atoms with E-state index in [1.165, 1.54) is 24.3 Å². The molecule has 0 heterocycles. The normalized spacial score (nSPS) is 10.7. The smallest absolute Gasteiger partial charge is 0.200 e. The molecule has 22 heavy (non-hydrogen) atoms. The van der Waals surface area contributed by atoms with Crippen LogP contribution in [0.1, 0.15) is 11.1 Å². The second-order valence-corrected chi connectivity index (χ2v) is 4.59. The minimum Gasteiger partial charge on any atom is -0.504 e. The SMILES string of the molecule is Oc1ccc(CNNCc2ccc(O)c(O)c2O)c(O)c1O. The van der Waals surface area contributed by atoms with Gasteiger partial charge in [0.25, 0.3) is 0 Å². The Kier molecular flexibility index (Phi) is 4.44. The minimum atomic E-state index is -0.597. The lowest BCUT2D eigenvalue weighted by Crippen LogP contribution is -2.30. The Labute approximate surface area is 125 Å². The second kappa shape index (κ2) is 6.29. The molecule has 0 saturated carbocycles. The molecule has 0 spiro atoms. The Bertz CT molecular complexity index is 630. The molecule has 0 aliphatic carbocycles. The van der Waals surface area contributed by atoms with Gasteiger partial charge in [-0.05, 0) is 12.1 Å². The second-order valence-electron chi connectivity index (χ2n) is 4.59. The first-order valence-electron chi connectivity index (χ1n) is 6.33. The van der Waals surface area contributed by atoms with Crippen LogP contribution in [0.4, 0.5) is 0 Å². The van der Waals surface area contributed by atoms with Crippen LogP contribution in [0, 0.1) is 0 Å². The van der Waals surface area contributed by atoms with Crippen molar-refractivity contribution in [1.29, 1.82) is 0 Å². The molecular weight excluding hydrogens is 292 g/mol. The van der Waals surface area contributed by atoms with Gasteiger partial charge >= 0.3 is 0 Å². The lowest BCUT2D eigenvalue weighted by atomic mass is 10.1. The summed E-state index contributed by atoms with van der Waals surface area (Å²) in [7, 11) is 0. The third-order valence-corrected chi connectivity index (χ3v) is 3.11. The van der Waals surface area contributed by atoms with Gasteiger partial charge in [-0.15, -0.1) is 0 Å². The van der Waals surface area contributed by atoms with Crippen LogP contribution in [0.2, 0.25) is 0 Å². The summed E-state index contributed by atoms with van der Waals surface area (Å²) in [5, 5.41) is 56.4. The van der Waals surface area contributed by atoms with Crippen molar-refractivity contribution in [2.75, 3.05) is 0 Å². The summed E-state index contributed by atoms with van der Waals surface area (Å²) < 4.78 is 0. The number of hydrazine groups is 1. The highest BCUT2D eigenvalue weighted by Crippen LogP contribution is 2.37. The molecule has 8 N–H and O–H groups in total. The molecule has 0 saturated heterocycles. The maximum Gasteiger partial charge on any atom is 0.200 e. The first-order valence-corrected chi connectivity index (χ1v) is 6.33. The van der Waals surface area contributed by atoms with E-state index in [-0.39, 0.29) is 13.1 Å². The molecule has 0 aliphatic rings. The van der Waals surface area contributed by atoms with Crippen molar-refractivity contribution in [3.63, 3.8) is 0 Å². The number of aromatic hydroxyl groups is 6. The fraction of sp³-hybridized carbons (Fsp3) is 0.143. The van der Waals surface area contributed by atoms with Gasteiger partial charge in [0.2, 0.25) is 11.5 Å². The van der Waals surface area contributed by atoms with E-state index in [9.17, 15) is 30.6 Å². The van der Waals surface area contributed by atoms with Gasteiger partial charge in [-0.25, -0.2) is 0 Å². The molecule has 0 atom stereocenters. The monoisotopic (exact) mass is 308 g/mol. The van der Waals surface area contributed by atoms with E-state index in [1.807, 2.05) is 0 Å². The Morgan fingerprint density at radius 1 is 0.545 bits per heavy atom. The van der Waals surface area contributed by atoms with Crippen LogP contribution >= 0.6 is 0 Å². The Balaban J connectivity index is 1.93. The molecule has 8 heteroatoms. The Morgan fingerprint density at radius 2 is 0.909 bits per heavy atom. The summed E-state index contributed by atoms with van der Waals surface area (Å²) >= 11 is 0. The van der Waals surface area contributed by atoms with Crippen molar-refractivity contribution in [3.8, 4) is 34.5 Å². The van der Waals surface area contributed by atoms with Gasteiger partial charge in [-0.1, -0.05) is 12.1 Å². The molecule has 0 bridgehead atoms. The lowest BCUT2D eigenvalue weighted by Gasteiger charge is -2.11. The number of hydrogen-bond acceptors (Lipinski definition) is 8. The van der Waals surface area contributed by atoms with Crippen LogP contribution in [-0.2, 0) is 13.1 Å². The Hall–Kier alpha value is -2.84. The number of phenols is 6. The largest absolute Gasteiger partial charge is 0.504 e. The van der Waals surface area contributed by atoms with Gasteiger partial charge < -0.3 is 30.6 Å². The van der Waals surface area contributed by atoms with Crippen molar-refractivity contribution in [3.05, 3.63) is 35.4 Å². The first-order chi connectivity index (χ1) is 10.4. The molecule has 118 valence electrons. The van der Waals surface area contributed by atoms with Crippen molar-refractivity contribution in [2.24, 2.45) is 0 Å². The lowest BCUT2D eigenvalue weighted by molar-refractivity contribution is 0.360. The van der Waals surface area contributed by atoms with Gasteiger partial charge in [-0.2, -0.15) is 0 Å². The number of benzene rings is 2. The van der Waals surface area contributed by atoms with Gasteiger partial charge in [0, 0.05) is 24.2 Å². The molecule has 0 radical (unpaired) electrons. The topological polar surface area (TPSA) is 145 Å². The van der Waals surface area contributed by atoms with Gasteiger partial charge in [0.1, 0.15) is 0 Å². The van der Waals surface area contributed by atoms with Crippen molar-refractivity contribution in [2.45, 2.75) is 13.1 Å². The summed E-state index contributed by atoms with van der Waals surface area (Å²) in [6, 6.07) is 5.36. The zero-order chi connectivity index (χ0) is 16.3.